The molecule has 0 spiro atoms. The summed E-state index contributed by atoms with van der Waals surface area (Å²) in [4.78, 5) is 0. The Kier molecular flexibility index (Phi) is 4.74. The molecule has 0 fully saturated rings. The molecular weight excluding hydrogens is 308 g/mol. The van der Waals surface area contributed by atoms with E-state index in [-0.39, 0.29) is 5.60 Å². The van der Waals surface area contributed by atoms with Crippen molar-refractivity contribution in [3.05, 3.63) is 22.2 Å². The monoisotopic (exact) mass is 328 g/mol. The van der Waals surface area contributed by atoms with Crippen LogP contribution in [0.25, 0.3) is 0 Å². The molecule has 0 N–H and O–H groups in total. The predicted molar refractivity (Wildman–Crippen MR) is 79.2 cm³/mol. The molecule has 1 aromatic carbocycles. The van der Waals surface area contributed by atoms with Crippen LogP contribution in [0, 0.1) is 0 Å². The van der Waals surface area contributed by atoms with Gasteiger partial charge in [-0.1, -0.05) is 0 Å². The highest BCUT2D eigenvalue weighted by atomic mass is 79.9. The van der Waals surface area contributed by atoms with Gasteiger partial charge in [0.1, 0.15) is 11.5 Å². The maximum Gasteiger partial charge on any atom is 0.133 e. The summed E-state index contributed by atoms with van der Waals surface area (Å²) in [6.45, 7) is 2.83. The topological polar surface area (TPSA) is 27.7 Å². The van der Waals surface area contributed by atoms with E-state index in [9.17, 15) is 0 Å². The first-order chi connectivity index (χ1) is 9.09. The summed E-state index contributed by atoms with van der Waals surface area (Å²) in [5.74, 6) is 1.81. The van der Waals surface area contributed by atoms with E-state index in [2.05, 4.69) is 22.9 Å². The SMILES string of the molecule is COc1ccc2c(c1Br)CCCC(C)(OC)CCO2. The van der Waals surface area contributed by atoms with E-state index >= 15 is 0 Å². The smallest absolute Gasteiger partial charge is 0.133 e. The van der Waals surface area contributed by atoms with Crippen LogP contribution >= 0.6 is 15.9 Å². The third kappa shape index (κ3) is 3.23. The zero-order valence-electron chi connectivity index (χ0n) is 11.8. The standard InChI is InChI=1S/C15H21BrO3/c1-15(18-3)8-4-5-11-12(19-10-9-15)6-7-13(17-2)14(11)16/h6-7H,4-5,8-10H2,1-3H3. The minimum atomic E-state index is -0.0847. The summed E-state index contributed by atoms with van der Waals surface area (Å²) < 4.78 is 17.9. The minimum Gasteiger partial charge on any atom is -0.496 e. The highest BCUT2D eigenvalue weighted by Crippen LogP contribution is 2.38. The van der Waals surface area contributed by atoms with Crippen LogP contribution < -0.4 is 9.47 Å². The van der Waals surface area contributed by atoms with E-state index in [1.165, 1.54) is 5.56 Å². The number of fused-ring (bicyclic) bond motifs is 1. The quantitative estimate of drug-likeness (QED) is 0.822. The Morgan fingerprint density at radius 3 is 2.74 bits per heavy atom. The Morgan fingerprint density at radius 2 is 2.05 bits per heavy atom. The molecule has 0 aliphatic carbocycles. The minimum absolute atomic E-state index is 0.0847. The van der Waals surface area contributed by atoms with Gasteiger partial charge >= 0.3 is 0 Å². The lowest BCUT2D eigenvalue weighted by Gasteiger charge is -2.27. The predicted octanol–water partition coefficient (Wildman–Crippen LogP) is 3.97. The molecule has 1 aromatic rings. The number of methoxy groups -OCH3 is 2. The number of hydrogen-bond acceptors (Lipinski definition) is 3. The number of benzene rings is 1. The maximum atomic E-state index is 5.92. The summed E-state index contributed by atoms with van der Waals surface area (Å²) in [6, 6.07) is 3.94. The molecule has 1 unspecified atom stereocenters. The number of rotatable bonds is 2. The van der Waals surface area contributed by atoms with Crippen molar-refractivity contribution in [2.45, 2.75) is 38.2 Å². The average Bonchev–Trinajstić information content (AvgIpc) is 2.49. The third-order valence-corrected chi connectivity index (χ3v) is 4.77. The molecule has 0 amide bonds. The summed E-state index contributed by atoms with van der Waals surface area (Å²) >= 11 is 3.62. The fourth-order valence-electron chi connectivity index (χ4n) is 2.45. The summed E-state index contributed by atoms with van der Waals surface area (Å²) in [5, 5.41) is 0. The highest BCUT2D eigenvalue weighted by Gasteiger charge is 2.25. The summed E-state index contributed by atoms with van der Waals surface area (Å²) in [5.41, 5.74) is 1.11. The van der Waals surface area contributed by atoms with E-state index in [1.54, 1.807) is 14.2 Å². The van der Waals surface area contributed by atoms with Crippen molar-refractivity contribution in [3.63, 3.8) is 0 Å². The number of ether oxygens (including phenoxy) is 3. The van der Waals surface area contributed by atoms with Gasteiger partial charge in [0.2, 0.25) is 0 Å². The lowest BCUT2D eigenvalue weighted by atomic mass is 9.94. The van der Waals surface area contributed by atoms with Crippen molar-refractivity contribution in [3.8, 4) is 11.5 Å². The van der Waals surface area contributed by atoms with Crippen molar-refractivity contribution in [1.82, 2.24) is 0 Å². The molecule has 4 heteroatoms. The van der Waals surface area contributed by atoms with E-state index in [0.717, 1.165) is 41.7 Å². The molecular formula is C15H21BrO3. The molecule has 19 heavy (non-hydrogen) atoms. The van der Waals surface area contributed by atoms with Crippen LogP contribution in [-0.2, 0) is 11.2 Å². The second-order valence-electron chi connectivity index (χ2n) is 5.16. The van der Waals surface area contributed by atoms with Gasteiger partial charge in [-0.05, 0) is 54.2 Å². The van der Waals surface area contributed by atoms with Crippen molar-refractivity contribution in [1.29, 1.82) is 0 Å². The molecule has 2 rings (SSSR count). The van der Waals surface area contributed by atoms with Crippen LogP contribution in [0.5, 0.6) is 11.5 Å². The van der Waals surface area contributed by atoms with Gasteiger partial charge in [0.15, 0.2) is 0 Å². The van der Waals surface area contributed by atoms with E-state index in [4.69, 9.17) is 14.2 Å². The molecule has 0 saturated heterocycles. The van der Waals surface area contributed by atoms with Crippen molar-refractivity contribution < 1.29 is 14.2 Å². The van der Waals surface area contributed by atoms with E-state index in [0.29, 0.717) is 6.61 Å². The largest absolute Gasteiger partial charge is 0.496 e. The fourth-order valence-corrected chi connectivity index (χ4v) is 3.14. The molecule has 106 valence electrons. The third-order valence-electron chi connectivity index (χ3n) is 3.90. The normalized spacial score (nSPS) is 23.6. The Hall–Kier alpha value is -0.740. The lowest BCUT2D eigenvalue weighted by Crippen LogP contribution is -2.29. The van der Waals surface area contributed by atoms with Gasteiger partial charge < -0.3 is 14.2 Å². The van der Waals surface area contributed by atoms with Crippen LogP contribution in [0.2, 0.25) is 0 Å². The van der Waals surface area contributed by atoms with Gasteiger partial charge in [0.25, 0.3) is 0 Å². The Morgan fingerprint density at radius 1 is 1.26 bits per heavy atom. The Balaban J connectivity index is 2.26. The molecule has 0 aromatic heterocycles. The van der Waals surface area contributed by atoms with Gasteiger partial charge in [-0.25, -0.2) is 0 Å². The van der Waals surface area contributed by atoms with Gasteiger partial charge in [-0.2, -0.15) is 0 Å². The number of hydrogen-bond donors (Lipinski definition) is 0. The molecule has 0 radical (unpaired) electrons. The molecule has 1 heterocycles. The van der Waals surface area contributed by atoms with Gasteiger partial charge in [-0.15, -0.1) is 0 Å². The molecule has 1 aliphatic rings. The summed E-state index contributed by atoms with van der Waals surface area (Å²) in [6.07, 6.45) is 3.99. The van der Waals surface area contributed by atoms with Gasteiger partial charge in [0, 0.05) is 19.1 Å². The molecule has 1 atom stereocenters. The second kappa shape index (κ2) is 6.14. The van der Waals surface area contributed by atoms with Crippen molar-refractivity contribution in [2.24, 2.45) is 0 Å². The Bertz CT molecular complexity index is 447. The van der Waals surface area contributed by atoms with Crippen molar-refractivity contribution >= 4 is 15.9 Å². The van der Waals surface area contributed by atoms with Crippen LogP contribution in [-0.4, -0.2) is 26.4 Å². The maximum absolute atomic E-state index is 5.92. The van der Waals surface area contributed by atoms with Crippen molar-refractivity contribution in [2.75, 3.05) is 20.8 Å². The lowest BCUT2D eigenvalue weighted by molar-refractivity contribution is -0.0171. The van der Waals surface area contributed by atoms with E-state index in [1.807, 2.05) is 12.1 Å². The fraction of sp³-hybridized carbons (Fsp3) is 0.600. The molecule has 3 nitrogen and oxygen atoms in total. The first-order valence-electron chi connectivity index (χ1n) is 6.63. The van der Waals surface area contributed by atoms with Crippen LogP contribution in [0.15, 0.2) is 16.6 Å². The molecule has 0 bridgehead atoms. The molecule has 1 aliphatic heterocycles. The summed E-state index contributed by atoms with van der Waals surface area (Å²) in [7, 11) is 3.47. The first-order valence-corrected chi connectivity index (χ1v) is 7.42. The average molecular weight is 329 g/mol. The van der Waals surface area contributed by atoms with Crippen LogP contribution in [0.1, 0.15) is 31.7 Å². The van der Waals surface area contributed by atoms with E-state index < -0.39 is 0 Å². The van der Waals surface area contributed by atoms with Gasteiger partial charge in [0.05, 0.1) is 23.8 Å². The first kappa shape index (κ1) is 14.7. The second-order valence-corrected chi connectivity index (χ2v) is 5.96. The van der Waals surface area contributed by atoms with Crippen LogP contribution in [0.4, 0.5) is 0 Å². The molecule has 0 saturated carbocycles. The number of halogens is 1. The van der Waals surface area contributed by atoms with Crippen LogP contribution in [0.3, 0.4) is 0 Å². The van der Waals surface area contributed by atoms with Gasteiger partial charge in [-0.3, -0.25) is 0 Å². The zero-order valence-corrected chi connectivity index (χ0v) is 13.4. The zero-order chi connectivity index (χ0) is 13.9. The highest BCUT2D eigenvalue weighted by molar-refractivity contribution is 9.10. The Labute approximate surface area is 123 Å².